The van der Waals surface area contributed by atoms with E-state index in [4.69, 9.17) is 14.2 Å². The highest BCUT2D eigenvalue weighted by molar-refractivity contribution is 9.10. The van der Waals surface area contributed by atoms with Crippen LogP contribution in [-0.2, 0) is 0 Å². The van der Waals surface area contributed by atoms with Gasteiger partial charge in [0.15, 0.2) is 11.5 Å². The molecule has 3 rings (SSSR count). The van der Waals surface area contributed by atoms with Crippen molar-refractivity contribution in [1.82, 2.24) is 0 Å². The second kappa shape index (κ2) is 6.27. The predicted molar refractivity (Wildman–Crippen MR) is 86.1 cm³/mol. The highest BCUT2D eigenvalue weighted by Crippen LogP contribution is 2.38. The molecular weight excluding hydrogens is 350 g/mol. The number of anilines is 1. The molecule has 0 saturated heterocycles. The molecule has 1 N–H and O–H groups in total. The van der Waals surface area contributed by atoms with Crippen molar-refractivity contribution in [3.63, 3.8) is 0 Å². The third kappa shape index (κ3) is 2.87. The first-order valence-corrected chi connectivity index (χ1v) is 7.52. The monoisotopic (exact) mass is 363 g/mol. The number of hydrogen-bond donors (Lipinski definition) is 1. The van der Waals surface area contributed by atoms with E-state index in [0.29, 0.717) is 41.7 Å². The molecule has 0 spiro atoms. The number of rotatable bonds is 3. The number of nitrogens with one attached hydrogen (secondary N) is 1. The van der Waals surface area contributed by atoms with Crippen molar-refractivity contribution in [2.45, 2.75) is 0 Å². The number of fused-ring (bicyclic) bond motifs is 1. The van der Waals surface area contributed by atoms with Gasteiger partial charge in [0.05, 0.1) is 18.4 Å². The number of amides is 1. The van der Waals surface area contributed by atoms with Gasteiger partial charge in [-0.3, -0.25) is 4.79 Å². The van der Waals surface area contributed by atoms with Gasteiger partial charge in [0.1, 0.15) is 19.0 Å². The molecule has 0 unspecified atom stereocenters. The van der Waals surface area contributed by atoms with E-state index in [1.807, 2.05) is 6.07 Å². The Morgan fingerprint density at radius 1 is 1.18 bits per heavy atom. The lowest BCUT2D eigenvalue weighted by atomic mass is 10.1. The third-order valence-electron chi connectivity index (χ3n) is 3.23. The number of benzene rings is 2. The number of carbonyl (C=O) groups excluding carboxylic acids is 1. The minimum Gasteiger partial charge on any atom is -0.496 e. The smallest absolute Gasteiger partial charge is 0.259 e. The summed E-state index contributed by atoms with van der Waals surface area (Å²) in [6.07, 6.45) is 0. The summed E-state index contributed by atoms with van der Waals surface area (Å²) < 4.78 is 17.0. The van der Waals surface area contributed by atoms with Gasteiger partial charge in [-0.15, -0.1) is 0 Å². The molecule has 1 amide bonds. The van der Waals surface area contributed by atoms with E-state index >= 15 is 0 Å². The van der Waals surface area contributed by atoms with Gasteiger partial charge >= 0.3 is 0 Å². The molecule has 1 aliphatic heterocycles. The van der Waals surface area contributed by atoms with Crippen LogP contribution >= 0.6 is 15.9 Å². The summed E-state index contributed by atoms with van der Waals surface area (Å²) in [5.41, 5.74) is 1.08. The summed E-state index contributed by atoms with van der Waals surface area (Å²) in [6.45, 7) is 1.01. The van der Waals surface area contributed by atoms with Crippen molar-refractivity contribution >= 4 is 27.5 Å². The van der Waals surface area contributed by atoms with Crippen LogP contribution in [0.4, 0.5) is 5.69 Å². The largest absolute Gasteiger partial charge is 0.496 e. The molecular formula is C16H14BrNO4. The molecule has 22 heavy (non-hydrogen) atoms. The van der Waals surface area contributed by atoms with E-state index in [1.165, 1.54) is 7.11 Å². The third-order valence-corrected chi connectivity index (χ3v) is 3.89. The molecule has 1 heterocycles. The van der Waals surface area contributed by atoms with Crippen molar-refractivity contribution in [2.75, 3.05) is 25.6 Å². The summed E-state index contributed by atoms with van der Waals surface area (Å²) in [6, 6.07) is 10.6. The number of hydrogen-bond acceptors (Lipinski definition) is 4. The zero-order chi connectivity index (χ0) is 15.5. The molecule has 0 bridgehead atoms. The second-order valence-corrected chi connectivity index (χ2v) is 5.48. The van der Waals surface area contributed by atoms with Gasteiger partial charge in [-0.05, 0) is 28.1 Å². The van der Waals surface area contributed by atoms with Gasteiger partial charge in [0.2, 0.25) is 0 Å². The Hall–Kier alpha value is -2.21. The number of ether oxygens (including phenoxy) is 3. The molecule has 0 aromatic heterocycles. The molecule has 114 valence electrons. The first-order valence-electron chi connectivity index (χ1n) is 6.72. The molecule has 6 heteroatoms. The average Bonchev–Trinajstić information content (AvgIpc) is 2.55. The minimum absolute atomic E-state index is 0.255. The van der Waals surface area contributed by atoms with Crippen LogP contribution in [-0.4, -0.2) is 26.2 Å². The summed E-state index contributed by atoms with van der Waals surface area (Å²) in [5, 5.41) is 2.85. The van der Waals surface area contributed by atoms with Crippen LogP contribution in [0.1, 0.15) is 10.4 Å². The second-order valence-electron chi connectivity index (χ2n) is 4.63. The van der Waals surface area contributed by atoms with Gasteiger partial charge in [-0.25, -0.2) is 0 Å². The van der Waals surface area contributed by atoms with Crippen molar-refractivity contribution in [3.8, 4) is 17.2 Å². The standard InChI is InChI=1S/C16H14BrNO4/c1-20-13-5-3-2-4-10(13)16(19)18-12-9-15-14(8-11(12)17)21-6-7-22-15/h2-5,8-9H,6-7H2,1H3,(H,18,19). The van der Waals surface area contributed by atoms with Crippen molar-refractivity contribution < 1.29 is 19.0 Å². The predicted octanol–water partition coefficient (Wildman–Crippen LogP) is 3.48. The molecule has 2 aromatic rings. The topological polar surface area (TPSA) is 56.8 Å². The fourth-order valence-corrected chi connectivity index (χ4v) is 2.60. The zero-order valence-electron chi connectivity index (χ0n) is 11.9. The van der Waals surface area contributed by atoms with Crippen LogP contribution in [0.3, 0.4) is 0 Å². The Bertz CT molecular complexity index is 717. The zero-order valence-corrected chi connectivity index (χ0v) is 13.5. The molecule has 2 aromatic carbocycles. The van der Waals surface area contributed by atoms with Crippen LogP contribution in [0.2, 0.25) is 0 Å². The Morgan fingerprint density at radius 3 is 2.59 bits per heavy atom. The first kappa shape index (κ1) is 14.7. The fraction of sp³-hybridized carbons (Fsp3) is 0.188. The summed E-state index contributed by atoms with van der Waals surface area (Å²) >= 11 is 3.43. The van der Waals surface area contributed by atoms with E-state index in [-0.39, 0.29) is 5.91 Å². The van der Waals surface area contributed by atoms with E-state index < -0.39 is 0 Å². The molecule has 0 saturated carbocycles. The van der Waals surface area contributed by atoms with Gasteiger partial charge in [0.25, 0.3) is 5.91 Å². The molecule has 1 aliphatic rings. The van der Waals surface area contributed by atoms with Crippen LogP contribution in [0.5, 0.6) is 17.2 Å². The summed E-state index contributed by atoms with van der Waals surface area (Å²) in [4.78, 5) is 12.4. The highest BCUT2D eigenvalue weighted by Gasteiger charge is 2.18. The number of halogens is 1. The van der Waals surface area contributed by atoms with Crippen molar-refractivity contribution in [3.05, 3.63) is 46.4 Å². The van der Waals surface area contributed by atoms with E-state index in [0.717, 1.165) is 4.47 Å². The number of carbonyl (C=O) groups is 1. The van der Waals surface area contributed by atoms with Crippen LogP contribution in [0.15, 0.2) is 40.9 Å². The maximum absolute atomic E-state index is 12.4. The number of para-hydroxylation sites is 1. The van der Waals surface area contributed by atoms with Crippen LogP contribution in [0, 0.1) is 0 Å². The normalized spacial score (nSPS) is 12.6. The SMILES string of the molecule is COc1ccccc1C(=O)Nc1cc2c(cc1Br)OCCO2. The molecule has 5 nitrogen and oxygen atoms in total. The van der Waals surface area contributed by atoms with Gasteiger partial charge in [-0.1, -0.05) is 12.1 Å². The quantitative estimate of drug-likeness (QED) is 0.906. The number of methoxy groups -OCH3 is 1. The van der Waals surface area contributed by atoms with E-state index in [1.54, 1.807) is 30.3 Å². The minimum atomic E-state index is -0.255. The lowest BCUT2D eigenvalue weighted by molar-refractivity contribution is 0.102. The summed E-state index contributed by atoms with van der Waals surface area (Å²) in [5.74, 6) is 1.54. The fourth-order valence-electron chi connectivity index (χ4n) is 2.18. The van der Waals surface area contributed by atoms with E-state index in [2.05, 4.69) is 21.2 Å². The van der Waals surface area contributed by atoms with Crippen LogP contribution < -0.4 is 19.5 Å². The highest BCUT2D eigenvalue weighted by atomic mass is 79.9. The first-order chi connectivity index (χ1) is 10.7. The maximum atomic E-state index is 12.4. The Morgan fingerprint density at radius 2 is 1.86 bits per heavy atom. The van der Waals surface area contributed by atoms with E-state index in [9.17, 15) is 4.79 Å². The Balaban J connectivity index is 1.88. The van der Waals surface area contributed by atoms with Gasteiger partial charge < -0.3 is 19.5 Å². The summed E-state index contributed by atoms with van der Waals surface area (Å²) in [7, 11) is 1.53. The molecule has 0 aliphatic carbocycles. The molecule has 0 radical (unpaired) electrons. The Kier molecular flexibility index (Phi) is 4.20. The molecule has 0 fully saturated rings. The van der Waals surface area contributed by atoms with Gasteiger partial charge in [-0.2, -0.15) is 0 Å². The van der Waals surface area contributed by atoms with Crippen molar-refractivity contribution in [2.24, 2.45) is 0 Å². The lowest BCUT2D eigenvalue weighted by Crippen LogP contribution is -2.17. The maximum Gasteiger partial charge on any atom is 0.259 e. The van der Waals surface area contributed by atoms with Gasteiger partial charge in [0, 0.05) is 16.6 Å². The average molecular weight is 364 g/mol. The van der Waals surface area contributed by atoms with Crippen LogP contribution in [0.25, 0.3) is 0 Å². The van der Waals surface area contributed by atoms with Crippen molar-refractivity contribution in [1.29, 1.82) is 0 Å². The lowest BCUT2D eigenvalue weighted by Gasteiger charge is -2.20. The Labute approximate surface area is 136 Å². The molecule has 0 atom stereocenters.